The van der Waals surface area contributed by atoms with Crippen molar-refractivity contribution in [2.45, 2.75) is 19.4 Å². The van der Waals surface area contributed by atoms with Gasteiger partial charge in [0, 0.05) is 29.5 Å². The fourth-order valence-electron chi connectivity index (χ4n) is 4.25. The highest BCUT2D eigenvalue weighted by Gasteiger charge is 2.21. The predicted octanol–water partition coefficient (Wildman–Crippen LogP) is 5.14. The van der Waals surface area contributed by atoms with Crippen molar-refractivity contribution in [1.29, 1.82) is 0 Å². The van der Waals surface area contributed by atoms with Gasteiger partial charge in [-0.25, -0.2) is 8.78 Å². The summed E-state index contributed by atoms with van der Waals surface area (Å²) in [4.78, 5) is 16.9. The molecule has 0 radical (unpaired) electrons. The molecule has 0 aliphatic heterocycles. The standard InChI is InChI=1S/C27H25F2N3O3/c1-15(32-27(33)26-21(28)12-17(30)13-22(26)29)11-16-7-8-19(20-14-31-10-9-18(16)20)25-23(34-2)5-4-6-24(25)35-3/h4-10,12-15H,11,30H2,1-3H3,(H,32,33). The van der Waals surface area contributed by atoms with Crippen LogP contribution in [0.15, 0.2) is 60.9 Å². The maximum Gasteiger partial charge on any atom is 0.257 e. The normalized spacial score (nSPS) is 11.8. The summed E-state index contributed by atoms with van der Waals surface area (Å²) in [6.07, 6.45) is 3.88. The number of carbonyl (C=O) groups excluding carboxylic acids is 1. The first-order valence-electron chi connectivity index (χ1n) is 11.0. The monoisotopic (exact) mass is 477 g/mol. The Kier molecular flexibility index (Phi) is 6.82. The van der Waals surface area contributed by atoms with E-state index in [-0.39, 0.29) is 5.69 Å². The largest absolute Gasteiger partial charge is 0.496 e. The van der Waals surface area contributed by atoms with Gasteiger partial charge < -0.3 is 20.5 Å². The van der Waals surface area contributed by atoms with E-state index in [9.17, 15) is 13.6 Å². The Labute approximate surface area is 201 Å². The second kappa shape index (κ2) is 9.97. The number of halogens is 2. The molecule has 1 atom stereocenters. The predicted molar refractivity (Wildman–Crippen MR) is 132 cm³/mol. The maximum absolute atomic E-state index is 14.2. The number of hydrogen-bond acceptors (Lipinski definition) is 5. The van der Waals surface area contributed by atoms with Gasteiger partial charge in [0.1, 0.15) is 28.7 Å². The minimum absolute atomic E-state index is 0.0866. The summed E-state index contributed by atoms with van der Waals surface area (Å²) in [5, 5.41) is 4.48. The van der Waals surface area contributed by atoms with Crippen LogP contribution in [0.2, 0.25) is 0 Å². The topological polar surface area (TPSA) is 86.5 Å². The van der Waals surface area contributed by atoms with Crippen molar-refractivity contribution in [3.63, 3.8) is 0 Å². The van der Waals surface area contributed by atoms with Gasteiger partial charge in [-0.2, -0.15) is 0 Å². The van der Waals surface area contributed by atoms with E-state index < -0.39 is 29.1 Å². The van der Waals surface area contributed by atoms with Gasteiger partial charge in [-0.15, -0.1) is 0 Å². The van der Waals surface area contributed by atoms with Crippen LogP contribution in [0.25, 0.3) is 21.9 Å². The van der Waals surface area contributed by atoms with E-state index in [1.165, 1.54) is 0 Å². The van der Waals surface area contributed by atoms with Gasteiger partial charge in [0.05, 0.1) is 19.8 Å². The first-order chi connectivity index (χ1) is 16.8. The van der Waals surface area contributed by atoms with Gasteiger partial charge in [0.2, 0.25) is 0 Å². The summed E-state index contributed by atoms with van der Waals surface area (Å²) in [6.45, 7) is 1.77. The van der Waals surface area contributed by atoms with Gasteiger partial charge in [0.25, 0.3) is 5.91 Å². The molecule has 0 fully saturated rings. The van der Waals surface area contributed by atoms with Gasteiger partial charge in [-0.1, -0.05) is 18.2 Å². The summed E-state index contributed by atoms with van der Waals surface area (Å²) in [7, 11) is 3.20. The summed E-state index contributed by atoms with van der Waals surface area (Å²) in [5.74, 6) is -1.52. The van der Waals surface area contributed by atoms with Crippen LogP contribution in [-0.2, 0) is 6.42 Å². The van der Waals surface area contributed by atoms with Crippen LogP contribution in [0.5, 0.6) is 11.5 Å². The summed E-state index contributed by atoms with van der Waals surface area (Å²) in [5.41, 5.74) is 7.33. The number of pyridine rings is 1. The molecular weight excluding hydrogens is 452 g/mol. The molecule has 1 aromatic heterocycles. The minimum Gasteiger partial charge on any atom is -0.496 e. The number of nitrogens with one attached hydrogen (secondary N) is 1. The highest BCUT2D eigenvalue weighted by molar-refractivity contribution is 6.01. The van der Waals surface area contributed by atoms with Gasteiger partial charge >= 0.3 is 0 Å². The molecule has 0 saturated carbocycles. The van der Waals surface area contributed by atoms with E-state index >= 15 is 0 Å². The van der Waals surface area contributed by atoms with E-state index in [1.54, 1.807) is 33.5 Å². The third kappa shape index (κ3) is 4.73. The van der Waals surface area contributed by atoms with E-state index in [2.05, 4.69) is 10.3 Å². The van der Waals surface area contributed by atoms with Gasteiger partial charge in [-0.05, 0) is 60.2 Å². The molecule has 8 heteroatoms. The Balaban J connectivity index is 1.67. The molecule has 4 rings (SSSR count). The van der Waals surface area contributed by atoms with Crippen LogP contribution >= 0.6 is 0 Å². The molecule has 3 aromatic carbocycles. The molecule has 1 heterocycles. The number of carbonyl (C=O) groups is 1. The number of fused-ring (bicyclic) bond motifs is 1. The SMILES string of the molecule is COc1cccc(OC)c1-c1ccc(CC(C)NC(=O)c2c(F)cc(N)cc2F)c2ccncc12. The van der Waals surface area contributed by atoms with Crippen molar-refractivity contribution in [3.8, 4) is 22.6 Å². The average Bonchev–Trinajstić information content (AvgIpc) is 2.83. The Morgan fingerprint density at radius 2 is 1.69 bits per heavy atom. The van der Waals surface area contributed by atoms with Crippen LogP contribution in [0.1, 0.15) is 22.8 Å². The van der Waals surface area contributed by atoms with Crippen molar-refractivity contribution < 1.29 is 23.0 Å². The Bertz CT molecular complexity index is 1360. The first-order valence-corrected chi connectivity index (χ1v) is 11.0. The molecule has 3 N–H and O–H groups in total. The number of benzene rings is 3. The number of anilines is 1. The number of hydrogen-bond donors (Lipinski definition) is 2. The van der Waals surface area contributed by atoms with Crippen LogP contribution in [0.4, 0.5) is 14.5 Å². The van der Waals surface area contributed by atoms with Crippen molar-refractivity contribution in [2.75, 3.05) is 20.0 Å². The fourth-order valence-corrected chi connectivity index (χ4v) is 4.25. The molecule has 0 bridgehead atoms. The smallest absolute Gasteiger partial charge is 0.257 e. The van der Waals surface area contributed by atoms with Crippen molar-refractivity contribution in [2.24, 2.45) is 0 Å². The number of amides is 1. The quantitative estimate of drug-likeness (QED) is 0.360. The lowest BCUT2D eigenvalue weighted by Gasteiger charge is -2.19. The van der Waals surface area contributed by atoms with Crippen molar-refractivity contribution in [1.82, 2.24) is 10.3 Å². The molecule has 4 aromatic rings. The maximum atomic E-state index is 14.2. The number of nitrogen functional groups attached to an aromatic ring is 1. The number of aromatic nitrogens is 1. The third-order valence-electron chi connectivity index (χ3n) is 5.80. The lowest BCUT2D eigenvalue weighted by molar-refractivity contribution is 0.0931. The summed E-state index contributed by atoms with van der Waals surface area (Å²) < 4.78 is 39.5. The second-order valence-electron chi connectivity index (χ2n) is 8.17. The summed E-state index contributed by atoms with van der Waals surface area (Å²) >= 11 is 0. The van der Waals surface area contributed by atoms with Crippen molar-refractivity contribution >= 4 is 22.4 Å². The number of methoxy groups -OCH3 is 2. The number of rotatable bonds is 7. The zero-order valence-corrected chi connectivity index (χ0v) is 19.6. The molecule has 6 nitrogen and oxygen atoms in total. The lowest BCUT2D eigenvalue weighted by atomic mass is 9.93. The van der Waals surface area contributed by atoms with E-state index in [1.807, 2.05) is 36.4 Å². The number of ether oxygens (including phenoxy) is 2. The molecule has 0 spiro atoms. The van der Waals surface area contributed by atoms with Crippen LogP contribution < -0.4 is 20.5 Å². The average molecular weight is 478 g/mol. The molecular formula is C27H25F2N3O3. The van der Waals surface area contributed by atoms with E-state index in [0.717, 1.165) is 39.6 Å². The zero-order chi connectivity index (χ0) is 25.1. The highest BCUT2D eigenvalue weighted by atomic mass is 19.1. The fraction of sp³-hybridized carbons (Fsp3) is 0.185. The summed E-state index contributed by atoms with van der Waals surface area (Å²) in [6, 6.07) is 12.8. The van der Waals surface area contributed by atoms with Gasteiger partial charge in [-0.3, -0.25) is 9.78 Å². The molecule has 0 aliphatic carbocycles. The molecule has 180 valence electrons. The van der Waals surface area contributed by atoms with Crippen LogP contribution in [0.3, 0.4) is 0 Å². The first kappa shape index (κ1) is 23.9. The molecule has 1 unspecified atom stereocenters. The van der Waals surface area contributed by atoms with Gasteiger partial charge in [0.15, 0.2) is 0 Å². The van der Waals surface area contributed by atoms with Crippen LogP contribution in [-0.4, -0.2) is 31.2 Å². The Morgan fingerprint density at radius 1 is 1.03 bits per heavy atom. The molecule has 1 amide bonds. The highest BCUT2D eigenvalue weighted by Crippen LogP contribution is 2.42. The Morgan fingerprint density at radius 3 is 2.31 bits per heavy atom. The molecule has 0 aliphatic rings. The number of nitrogens with two attached hydrogens (primary N) is 1. The third-order valence-corrected chi connectivity index (χ3v) is 5.80. The Hall–Kier alpha value is -4.20. The number of nitrogens with zero attached hydrogens (tertiary/aromatic N) is 1. The lowest BCUT2D eigenvalue weighted by Crippen LogP contribution is -2.35. The zero-order valence-electron chi connectivity index (χ0n) is 19.6. The van der Waals surface area contributed by atoms with E-state index in [4.69, 9.17) is 15.2 Å². The van der Waals surface area contributed by atoms with Crippen LogP contribution in [0, 0.1) is 11.6 Å². The molecule has 0 saturated heterocycles. The minimum atomic E-state index is -1.00. The van der Waals surface area contributed by atoms with E-state index in [0.29, 0.717) is 17.9 Å². The van der Waals surface area contributed by atoms with Crippen molar-refractivity contribution in [3.05, 3.63) is 83.7 Å². The second-order valence-corrected chi connectivity index (χ2v) is 8.17. The molecule has 35 heavy (non-hydrogen) atoms.